The molecule has 2 aromatic carbocycles. The highest BCUT2D eigenvalue weighted by Gasteiger charge is 2.57. The highest BCUT2D eigenvalue weighted by molar-refractivity contribution is 5.72. The van der Waals surface area contributed by atoms with Crippen molar-refractivity contribution in [3.8, 4) is 5.75 Å². The van der Waals surface area contributed by atoms with Gasteiger partial charge in [0.1, 0.15) is 17.4 Å². The molecular weight excluding hydrogens is 405 g/mol. The average molecular weight is 427 g/mol. The lowest BCUT2D eigenvalue weighted by atomic mass is 9.74. The van der Waals surface area contributed by atoms with Crippen LogP contribution in [-0.2, 0) is 5.41 Å². The number of phenols is 1. The summed E-state index contributed by atoms with van der Waals surface area (Å²) in [4.78, 5) is 1.14. The predicted molar refractivity (Wildman–Crippen MR) is 104 cm³/mol. The van der Waals surface area contributed by atoms with Crippen LogP contribution >= 0.6 is 0 Å². The third-order valence-electron chi connectivity index (χ3n) is 5.36. The highest BCUT2D eigenvalue weighted by atomic mass is 19.4. The maximum atomic E-state index is 14.4. The van der Waals surface area contributed by atoms with Gasteiger partial charge in [0.2, 0.25) is 0 Å². The Bertz CT molecular complexity index is 970. The Morgan fingerprint density at radius 1 is 1.07 bits per heavy atom. The number of rotatable bonds is 5. The molecule has 0 saturated carbocycles. The number of β-amino-alcohol motifs (C(OH)–C–C–N with tert-alkyl or cyclic N) is 1. The van der Waals surface area contributed by atoms with Crippen molar-refractivity contribution in [2.45, 2.75) is 37.5 Å². The number of para-hydroxylation sites is 1. The van der Waals surface area contributed by atoms with Crippen LogP contribution in [0.15, 0.2) is 42.5 Å². The lowest BCUT2D eigenvalue weighted by Crippen LogP contribution is -2.56. The van der Waals surface area contributed by atoms with Gasteiger partial charge in [-0.25, -0.2) is 8.78 Å². The Morgan fingerprint density at radius 2 is 1.77 bits per heavy atom. The fraction of sp³-hybridized carbons (Fsp3) is 0.364. The molecule has 0 aromatic heterocycles. The fourth-order valence-electron chi connectivity index (χ4n) is 3.98. The number of fused-ring (bicyclic) bond motifs is 1. The van der Waals surface area contributed by atoms with Crippen molar-refractivity contribution >= 4 is 11.8 Å². The number of benzene rings is 2. The van der Waals surface area contributed by atoms with Gasteiger partial charge in [-0.3, -0.25) is 0 Å². The number of nitrogens with zero attached hydrogens (tertiary/aromatic N) is 1. The smallest absolute Gasteiger partial charge is 0.418 e. The highest BCUT2D eigenvalue weighted by Crippen LogP contribution is 2.45. The number of aromatic hydroxyl groups is 1. The van der Waals surface area contributed by atoms with Gasteiger partial charge < -0.3 is 15.1 Å². The minimum absolute atomic E-state index is 0.0159. The van der Waals surface area contributed by atoms with Crippen molar-refractivity contribution in [3.63, 3.8) is 0 Å². The van der Waals surface area contributed by atoms with Crippen LogP contribution < -0.4 is 4.90 Å². The molecule has 1 atom stereocenters. The Kier molecular flexibility index (Phi) is 5.58. The zero-order valence-corrected chi connectivity index (χ0v) is 16.5. The minimum atomic E-state index is -5.06. The Labute approximate surface area is 171 Å². The van der Waals surface area contributed by atoms with Crippen LogP contribution in [0.1, 0.15) is 31.4 Å². The number of hydrogen-bond donors (Lipinski definition) is 2. The standard InChI is InChI=1S/C22H22F5NO2/c1-20(2,16-11-15(23)8-9-18(16)29)12-21(30,22(25,26)27)13-28-10-4-6-14-5-3-7-17(24)19(14)28/h3-9,11,29-30H,10,12-13H2,1-2H3. The number of phenolic OH excluding ortho intramolecular Hbond substituents is 1. The molecule has 0 saturated heterocycles. The molecule has 3 rings (SSSR count). The van der Waals surface area contributed by atoms with E-state index in [4.69, 9.17) is 0 Å². The molecule has 1 aliphatic heterocycles. The summed E-state index contributed by atoms with van der Waals surface area (Å²) in [6, 6.07) is 7.16. The zero-order valence-electron chi connectivity index (χ0n) is 16.5. The second kappa shape index (κ2) is 7.58. The second-order valence-electron chi connectivity index (χ2n) is 8.21. The van der Waals surface area contributed by atoms with Crippen molar-refractivity contribution in [1.82, 2.24) is 0 Å². The van der Waals surface area contributed by atoms with E-state index < -0.39 is 41.8 Å². The van der Waals surface area contributed by atoms with Crippen LogP contribution in [0.5, 0.6) is 5.75 Å². The molecule has 3 nitrogen and oxygen atoms in total. The lowest BCUT2D eigenvalue weighted by molar-refractivity contribution is -0.262. The quantitative estimate of drug-likeness (QED) is 0.648. The first-order chi connectivity index (χ1) is 13.8. The molecule has 2 N–H and O–H groups in total. The first-order valence-electron chi connectivity index (χ1n) is 9.32. The topological polar surface area (TPSA) is 43.7 Å². The number of hydrogen-bond acceptors (Lipinski definition) is 3. The average Bonchev–Trinajstić information content (AvgIpc) is 2.62. The Balaban J connectivity index is 1.99. The molecule has 0 radical (unpaired) electrons. The summed E-state index contributed by atoms with van der Waals surface area (Å²) in [5, 5.41) is 20.8. The summed E-state index contributed by atoms with van der Waals surface area (Å²) in [6.45, 7) is 1.82. The molecule has 0 fully saturated rings. The third kappa shape index (κ3) is 4.14. The summed E-state index contributed by atoms with van der Waals surface area (Å²) in [7, 11) is 0. The largest absolute Gasteiger partial charge is 0.508 e. The second-order valence-corrected chi connectivity index (χ2v) is 8.21. The van der Waals surface area contributed by atoms with Crippen LogP contribution in [0.2, 0.25) is 0 Å². The van der Waals surface area contributed by atoms with E-state index in [0.717, 1.165) is 29.2 Å². The van der Waals surface area contributed by atoms with Crippen molar-refractivity contribution in [3.05, 3.63) is 65.2 Å². The van der Waals surface area contributed by atoms with E-state index in [9.17, 15) is 32.2 Å². The fourth-order valence-corrected chi connectivity index (χ4v) is 3.98. The molecule has 1 aliphatic rings. The summed E-state index contributed by atoms with van der Waals surface area (Å²) >= 11 is 0. The molecule has 1 heterocycles. The summed E-state index contributed by atoms with van der Waals surface area (Å²) < 4.78 is 70.2. The third-order valence-corrected chi connectivity index (χ3v) is 5.36. The minimum Gasteiger partial charge on any atom is -0.508 e. The van der Waals surface area contributed by atoms with Gasteiger partial charge in [-0.15, -0.1) is 0 Å². The van der Waals surface area contributed by atoms with E-state index in [1.165, 1.54) is 19.9 Å². The van der Waals surface area contributed by atoms with E-state index in [2.05, 4.69) is 0 Å². The predicted octanol–water partition coefficient (Wildman–Crippen LogP) is 5.16. The molecule has 162 valence electrons. The SMILES string of the molecule is CC(C)(CC(O)(CN1CC=Cc2cccc(F)c21)C(F)(F)F)c1cc(F)ccc1O. The van der Waals surface area contributed by atoms with Gasteiger partial charge in [0.25, 0.3) is 0 Å². The van der Waals surface area contributed by atoms with E-state index in [-0.39, 0.29) is 23.5 Å². The van der Waals surface area contributed by atoms with Crippen molar-refractivity contribution in [2.75, 3.05) is 18.0 Å². The molecule has 30 heavy (non-hydrogen) atoms. The molecule has 1 unspecified atom stereocenters. The number of alkyl halides is 3. The monoisotopic (exact) mass is 427 g/mol. The first-order valence-corrected chi connectivity index (χ1v) is 9.32. The molecule has 0 aliphatic carbocycles. The van der Waals surface area contributed by atoms with Gasteiger partial charge >= 0.3 is 6.18 Å². The lowest BCUT2D eigenvalue weighted by Gasteiger charge is -2.42. The van der Waals surface area contributed by atoms with Crippen LogP contribution in [0.3, 0.4) is 0 Å². The maximum absolute atomic E-state index is 14.4. The van der Waals surface area contributed by atoms with Crippen molar-refractivity contribution in [1.29, 1.82) is 0 Å². The molecule has 0 amide bonds. The molecular formula is C22H22F5NO2. The zero-order chi connectivity index (χ0) is 22.3. The molecule has 2 aromatic rings. The summed E-state index contributed by atoms with van der Waals surface area (Å²) in [6.07, 6.45) is -2.73. The van der Waals surface area contributed by atoms with Crippen LogP contribution in [-0.4, -0.2) is 35.1 Å². The normalized spacial score (nSPS) is 16.3. The van der Waals surface area contributed by atoms with E-state index in [0.29, 0.717) is 5.56 Å². The maximum Gasteiger partial charge on any atom is 0.418 e. The van der Waals surface area contributed by atoms with Crippen molar-refractivity contribution in [2.24, 2.45) is 0 Å². The molecule has 0 spiro atoms. The Morgan fingerprint density at radius 3 is 2.43 bits per heavy atom. The van der Waals surface area contributed by atoms with E-state index in [1.807, 2.05) is 0 Å². The number of halogens is 5. The number of aliphatic hydroxyl groups is 1. The van der Waals surface area contributed by atoms with Gasteiger partial charge in [0.05, 0.1) is 12.2 Å². The summed E-state index contributed by atoms with van der Waals surface area (Å²) in [5.41, 5.74) is -4.36. The van der Waals surface area contributed by atoms with Gasteiger partial charge in [-0.05, 0) is 36.1 Å². The molecule has 8 heteroatoms. The van der Waals surface area contributed by atoms with Crippen LogP contribution in [0, 0.1) is 11.6 Å². The Hall–Kier alpha value is -2.61. The molecule has 0 bridgehead atoms. The summed E-state index contributed by atoms with van der Waals surface area (Å²) in [5.74, 6) is -1.78. The van der Waals surface area contributed by atoms with Gasteiger partial charge in [-0.2, -0.15) is 13.2 Å². The van der Waals surface area contributed by atoms with E-state index >= 15 is 0 Å². The van der Waals surface area contributed by atoms with E-state index in [1.54, 1.807) is 18.2 Å². The van der Waals surface area contributed by atoms with Crippen molar-refractivity contribution < 1.29 is 32.2 Å². The van der Waals surface area contributed by atoms with Gasteiger partial charge in [0, 0.05) is 17.7 Å². The van der Waals surface area contributed by atoms with Gasteiger partial charge in [-0.1, -0.05) is 38.1 Å². The van der Waals surface area contributed by atoms with Crippen LogP contribution in [0.25, 0.3) is 6.08 Å². The van der Waals surface area contributed by atoms with Crippen LogP contribution in [0.4, 0.5) is 27.6 Å². The van der Waals surface area contributed by atoms with Gasteiger partial charge in [0.15, 0.2) is 5.60 Å². The first kappa shape index (κ1) is 22.1. The number of anilines is 1.